The molecule has 0 saturated heterocycles. The molecule has 0 spiro atoms. The molecule has 194 valence electrons. The molecule has 0 aliphatic rings. The number of benzene rings is 6. The highest BCUT2D eigenvalue weighted by Crippen LogP contribution is 2.31. The largest absolute Gasteiger partial charge is 0.226 e. The van der Waals surface area contributed by atoms with Gasteiger partial charge in [-0.1, -0.05) is 83.7 Å². The zero-order chi connectivity index (χ0) is 29.1. The van der Waals surface area contributed by atoms with Gasteiger partial charge in [-0.3, -0.25) is 0 Å². The van der Waals surface area contributed by atoms with E-state index in [0.717, 1.165) is 21.9 Å². The van der Waals surface area contributed by atoms with Crippen molar-refractivity contribution in [3.05, 3.63) is 96.3 Å². The summed E-state index contributed by atoms with van der Waals surface area (Å²) in [6.45, 7) is 0. The maximum Gasteiger partial charge on any atom is 0.226 e. The Morgan fingerprint density at radius 1 is 0.429 bits per heavy atom. The van der Waals surface area contributed by atoms with Crippen molar-refractivity contribution in [1.82, 2.24) is 15.0 Å². The van der Waals surface area contributed by atoms with E-state index in [4.69, 9.17) is 16.6 Å². The molecule has 0 aliphatic carbocycles. The van der Waals surface area contributed by atoms with Gasteiger partial charge in [0.2, 0.25) is 5.28 Å². The fourth-order valence-electron chi connectivity index (χ4n) is 6.23. The van der Waals surface area contributed by atoms with Crippen molar-refractivity contribution in [2.24, 2.45) is 0 Å². The van der Waals surface area contributed by atoms with E-state index in [-0.39, 0.29) is 5.28 Å². The molecule has 42 heavy (non-hydrogen) atoms. The van der Waals surface area contributed by atoms with Gasteiger partial charge >= 0.3 is 0 Å². The van der Waals surface area contributed by atoms with Gasteiger partial charge in [-0.2, -0.15) is 9.97 Å². The number of fused-ring (bicyclic) bond motifs is 4. The maximum atomic E-state index is 6.46. The Morgan fingerprint density at radius 3 is 1.60 bits per heavy atom. The minimum atomic E-state index is 0.181. The van der Waals surface area contributed by atoms with E-state index < -0.39 is 0 Å². The van der Waals surface area contributed by atoms with Crippen molar-refractivity contribution in [2.45, 2.75) is 0 Å². The molecule has 0 saturated carbocycles. The maximum absolute atomic E-state index is 6.46. The lowest BCUT2D eigenvalue weighted by atomic mass is 9.59. The Bertz CT molecular complexity index is 2210. The Kier molecular flexibility index (Phi) is 6.47. The summed E-state index contributed by atoms with van der Waals surface area (Å²) in [6, 6.07) is 32.1. The summed E-state index contributed by atoms with van der Waals surface area (Å²) in [5.41, 5.74) is 11.2. The van der Waals surface area contributed by atoms with Crippen molar-refractivity contribution in [3.8, 4) is 33.9 Å². The normalized spacial score (nSPS) is 11.5. The second kappa shape index (κ2) is 10.2. The second-order valence-electron chi connectivity index (χ2n) is 11.3. The van der Waals surface area contributed by atoms with Crippen LogP contribution in [-0.2, 0) is 0 Å². The fraction of sp³-hybridized carbons (Fsp3) is 0. The summed E-state index contributed by atoms with van der Waals surface area (Å²) < 4.78 is 0. The molecule has 7 rings (SSSR count). The van der Waals surface area contributed by atoms with Crippen LogP contribution in [0.15, 0.2) is 91.0 Å². The standard InChI is InChI=1S/C33H25B5ClN3/c34-26-25(27(35)29(37)30(38)28(26)36)20-9-6-18-14-21(10-7-17(18)13-20)31-40-32(42-33(39)41-31)22-11-12-24-19(15-22)8-5-16-3-1-2-4-23(16)24/h1-15H,34-38H2. The lowest BCUT2D eigenvalue weighted by Gasteiger charge is -2.20. The average molecular weight is 553 g/mol. The summed E-state index contributed by atoms with van der Waals surface area (Å²) in [5.74, 6) is 1.12. The molecule has 0 unspecified atom stereocenters. The summed E-state index contributed by atoms with van der Waals surface area (Å²) in [7, 11) is 11.1. The Labute approximate surface area is 254 Å². The molecule has 0 N–H and O–H groups in total. The third kappa shape index (κ3) is 4.42. The average Bonchev–Trinajstić information content (AvgIpc) is 3.02. The number of rotatable bonds is 3. The zero-order valence-corrected chi connectivity index (χ0v) is 25.1. The van der Waals surface area contributed by atoms with Gasteiger partial charge in [-0.15, -0.1) is 16.4 Å². The molecule has 6 aromatic carbocycles. The van der Waals surface area contributed by atoms with Gasteiger partial charge < -0.3 is 0 Å². The zero-order valence-electron chi connectivity index (χ0n) is 24.4. The Hall–Kier alpha value is -4.28. The highest BCUT2D eigenvalue weighted by atomic mass is 35.5. The second-order valence-corrected chi connectivity index (χ2v) is 11.6. The van der Waals surface area contributed by atoms with Gasteiger partial charge in [0.25, 0.3) is 0 Å². The highest BCUT2D eigenvalue weighted by Gasteiger charge is 2.15. The molecular formula is C33H25B5ClN3. The van der Waals surface area contributed by atoms with Crippen LogP contribution in [-0.4, -0.2) is 54.2 Å². The van der Waals surface area contributed by atoms with Crippen LogP contribution in [0.3, 0.4) is 0 Å². The molecule has 0 fully saturated rings. The van der Waals surface area contributed by atoms with E-state index in [2.05, 4.69) is 140 Å². The molecule has 1 aromatic heterocycles. The number of aromatic nitrogens is 3. The van der Waals surface area contributed by atoms with Crippen molar-refractivity contribution >= 4 is 110 Å². The number of hydrogen-bond acceptors (Lipinski definition) is 3. The van der Waals surface area contributed by atoms with Crippen LogP contribution in [0.4, 0.5) is 0 Å². The van der Waals surface area contributed by atoms with Crippen molar-refractivity contribution in [2.75, 3.05) is 0 Å². The van der Waals surface area contributed by atoms with E-state index in [0.29, 0.717) is 11.6 Å². The van der Waals surface area contributed by atoms with Gasteiger partial charge in [0, 0.05) is 11.1 Å². The molecule has 0 radical (unpaired) electrons. The Balaban J connectivity index is 1.28. The quantitative estimate of drug-likeness (QED) is 0.233. The summed E-state index contributed by atoms with van der Waals surface area (Å²) in [5, 5.41) is 7.27. The number of nitrogens with zero attached hydrogens (tertiary/aromatic N) is 3. The van der Waals surface area contributed by atoms with Crippen LogP contribution in [0.5, 0.6) is 0 Å². The summed E-state index contributed by atoms with van der Waals surface area (Å²) >= 11 is 6.46. The van der Waals surface area contributed by atoms with Gasteiger partial charge in [0.15, 0.2) is 11.6 Å². The van der Waals surface area contributed by atoms with E-state index in [1.165, 1.54) is 60.0 Å². The minimum Gasteiger partial charge on any atom is -0.208 e. The molecule has 0 bridgehead atoms. The van der Waals surface area contributed by atoms with Crippen LogP contribution in [0.2, 0.25) is 5.28 Å². The molecule has 0 amide bonds. The molecule has 0 aliphatic heterocycles. The molecule has 3 nitrogen and oxygen atoms in total. The molecule has 1 heterocycles. The molecular weight excluding hydrogens is 528 g/mol. The van der Waals surface area contributed by atoms with Crippen LogP contribution in [0.25, 0.3) is 66.2 Å². The highest BCUT2D eigenvalue weighted by molar-refractivity contribution is 6.68. The van der Waals surface area contributed by atoms with Crippen molar-refractivity contribution in [3.63, 3.8) is 0 Å². The first-order valence-corrected chi connectivity index (χ1v) is 14.6. The minimum absolute atomic E-state index is 0.181. The Morgan fingerprint density at radius 2 is 0.905 bits per heavy atom. The molecule has 0 atom stereocenters. The first-order valence-electron chi connectivity index (χ1n) is 14.2. The third-order valence-electron chi connectivity index (χ3n) is 9.00. The van der Waals surface area contributed by atoms with Crippen molar-refractivity contribution < 1.29 is 0 Å². The number of hydrogen-bond donors (Lipinski definition) is 0. The predicted octanol–water partition coefficient (Wildman–Crippen LogP) is 0.278. The molecule has 9 heteroatoms. The summed E-state index contributed by atoms with van der Waals surface area (Å²) in [6.07, 6.45) is 0. The number of halogens is 1. The lowest BCUT2D eigenvalue weighted by Crippen LogP contribution is -2.55. The first-order chi connectivity index (χ1) is 20.3. The van der Waals surface area contributed by atoms with Gasteiger partial charge in [0.05, 0.1) is 0 Å². The van der Waals surface area contributed by atoms with E-state index in [1.807, 2.05) is 0 Å². The molecule has 7 aromatic rings. The van der Waals surface area contributed by atoms with Crippen molar-refractivity contribution in [1.29, 1.82) is 0 Å². The fourth-order valence-corrected chi connectivity index (χ4v) is 6.39. The van der Waals surface area contributed by atoms with E-state index in [1.54, 1.807) is 0 Å². The van der Waals surface area contributed by atoms with Gasteiger partial charge in [0.1, 0.15) is 39.2 Å². The topological polar surface area (TPSA) is 38.7 Å². The predicted molar refractivity (Wildman–Crippen MR) is 195 cm³/mol. The van der Waals surface area contributed by atoms with E-state index >= 15 is 0 Å². The third-order valence-corrected chi connectivity index (χ3v) is 9.17. The van der Waals surface area contributed by atoms with Gasteiger partial charge in [-0.25, -0.2) is 4.98 Å². The lowest BCUT2D eigenvalue weighted by molar-refractivity contribution is 1.07. The van der Waals surface area contributed by atoms with Crippen LogP contribution >= 0.6 is 11.6 Å². The van der Waals surface area contributed by atoms with Crippen LogP contribution in [0.1, 0.15) is 0 Å². The summed E-state index contributed by atoms with van der Waals surface area (Å²) in [4.78, 5) is 13.8. The first kappa shape index (κ1) is 26.6. The van der Waals surface area contributed by atoms with Crippen LogP contribution in [0, 0.1) is 0 Å². The monoisotopic (exact) mass is 553 g/mol. The smallest absolute Gasteiger partial charge is 0.208 e. The SMILES string of the molecule is Bc1c(B)c(B)c(-c2ccc3cc(-c4nc(Cl)nc(-c5ccc6c(ccc7ccccc76)c5)n4)ccc3c2)c(B)c1B. The van der Waals surface area contributed by atoms with Gasteiger partial charge in [-0.05, 0) is 73.2 Å². The van der Waals surface area contributed by atoms with E-state index in [9.17, 15) is 0 Å². The van der Waals surface area contributed by atoms with Crippen LogP contribution < -0.4 is 27.3 Å².